The second-order valence-electron chi connectivity index (χ2n) is 3.80. The van der Waals surface area contributed by atoms with Gasteiger partial charge in [0.05, 0.1) is 0 Å². The SMILES string of the molecule is Cc1ccc(C=[N+]([O-])c2ccccc2)cc1F. The zero-order chi connectivity index (χ0) is 12.3. The van der Waals surface area contributed by atoms with Gasteiger partial charge in [0.15, 0.2) is 6.21 Å². The van der Waals surface area contributed by atoms with Crippen LogP contribution < -0.4 is 0 Å². The summed E-state index contributed by atoms with van der Waals surface area (Å²) in [6.45, 7) is 1.69. The maximum atomic E-state index is 13.3. The summed E-state index contributed by atoms with van der Waals surface area (Å²) in [7, 11) is 0. The number of hydrogen-bond acceptors (Lipinski definition) is 1. The van der Waals surface area contributed by atoms with Crippen LogP contribution in [0, 0.1) is 17.9 Å². The third kappa shape index (κ3) is 2.69. The van der Waals surface area contributed by atoms with E-state index in [0.29, 0.717) is 16.8 Å². The van der Waals surface area contributed by atoms with Crippen LogP contribution in [0.15, 0.2) is 48.5 Å². The summed E-state index contributed by atoms with van der Waals surface area (Å²) in [6, 6.07) is 13.5. The Morgan fingerprint density at radius 2 is 1.82 bits per heavy atom. The van der Waals surface area contributed by atoms with Crippen molar-refractivity contribution in [2.24, 2.45) is 0 Å². The molecular weight excluding hydrogens is 217 g/mol. The Morgan fingerprint density at radius 1 is 1.12 bits per heavy atom. The first-order valence-corrected chi connectivity index (χ1v) is 5.29. The van der Waals surface area contributed by atoms with Crippen LogP contribution in [-0.4, -0.2) is 11.0 Å². The van der Waals surface area contributed by atoms with Crippen molar-refractivity contribution >= 4 is 11.9 Å². The third-order valence-electron chi connectivity index (χ3n) is 2.47. The highest BCUT2D eigenvalue weighted by Gasteiger charge is 2.02. The van der Waals surface area contributed by atoms with E-state index in [9.17, 15) is 9.60 Å². The molecule has 0 N–H and O–H groups in total. The smallest absolute Gasteiger partial charge is 0.216 e. The van der Waals surface area contributed by atoms with Crippen molar-refractivity contribution in [3.8, 4) is 0 Å². The number of halogens is 1. The highest BCUT2D eigenvalue weighted by molar-refractivity contribution is 5.76. The molecule has 0 aliphatic rings. The van der Waals surface area contributed by atoms with Crippen molar-refractivity contribution in [1.82, 2.24) is 0 Å². The maximum absolute atomic E-state index is 13.3. The number of para-hydroxylation sites is 1. The van der Waals surface area contributed by atoms with Crippen molar-refractivity contribution in [2.45, 2.75) is 6.92 Å². The van der Waals surface area contributed by atoms with Crippen LogP contribution in [-0.2, 0) is 0 Å². The fraction of sp³-hybridized carbons (Fsp3) is 0.0714. The van der Waals surface area contributed by atoms with E-state index in [0.717, 1.165) is 4.74 Å². The Morgan fingerprint density at radius 3 is 2.47 bits per heavy atom. The normalized spacial score (nSPS) is 11.5. The Balaban J connectivity index is 2.33. The van der Waals surface area contributed by atoms with Gasteiger partial charge in [0.1, 0.15) is 5.82 Å². The van der Waals surface area contributed by atoms with Gasteiger partial charge in [0.25, 0.3) is 0 Å². The van der Waals surface area contributed by atoms with Gasteiger partial charge in [0.2, 0.25) is 5.69 Å². The lowest BCUT2D eigenvalue weighted by molar-refractivity contribution is -0.354. The highest BCUT2D eigenvalue weighted by atomic mass is 19.1. The topological polar surface area (TPSA) is 26.1 Å². The van der Waals surface area contributed by atoms with Gasteiger partial charge in [-0.25, -0.2) is 4.39 Å². The van der Waals surface area contributed by atoms with Gasteiger partial charge in [-0.1, -0.05) is 24.3 Å². The zero-order valence-electron chi connectivity index (χ0n) is 9.43. The number of hydrogen-bond donors (Lipinski definition) is 0. The standard InChI is InChI=1S/C14H12FNO/c1-11-7-8-12(9-14(11)15)10-16(17)13-5-3-2-4-6-13/h2-10H,1H3. The molecule has 0 radical (unpaired) electrons. The fourth-order valence-electron chi connectivity index (χ4n) is 1.47. The van der Waals surface area contributed by atoms with Crippen molar-refractivity contribution in [3.63, 3.8) is 0 Å². The average molecular weight is 229 g/mol. The lowest BCUT2D eigenvalue weighted by Crippen LogP contribution is -1.99. The Kier molecular flexibility index (Phi) is 3.19. The van der Waals surface area contributed by atoms with E-state index in [4.69, 9.17) is 0 Å². The molecule has 0 saturated carbocycles. The fourth-order valence-corrected chi connectivity index (χ4v) is 1.47. The predicted octanol–water partition coefficient (Wildman–Crippen LogP) is 3.40. The van der Waals surface area contributed by atoms with Gasteiger partial charge in [-0.15, -0.1) is 0 Å². The molecule has 0 unspecified atom stereocenters. The summed E-state index contributed by atoms with van der Waals surface area (Å²) in [5.41, 5.74) is 1.64. The molecule has 0 aliphatic heterocycles. The van der Waals surface area contributed by atoms with E-state index in [1.165, 1.54) is 12.3 Å². The number of rotatable bonds is 2. The number of nitrogens with zero attached hydrogens (tertiary/aromatic N) is 1. The van der Waals surface area contributed by atoms with Crippen molar-refractivity contribution in [2.75, 3.05) is 0 Å². The lowest BCUT2D eigenvalue weighted by Gasteiger charge is -2.03. The highest BCUT2D eigenvalue weighted by Crippen LogP contribution is 2.11. The molecule has 17 heavy (non-hydrogen) atoms. The molecule has 0 saturated heterocycles. The Hall–Kier alpha value is -2.16. The summed E-state index contributed by atoms with van der Waals surface area (Å²) >= 11 is 0. The zero-order valence-corrected chi connectivity index (χ0v) is 9.43. The van der Waals surface area contributed by atoms with Crippen LogP contribution >= 0.6 is 0 Å². The first-order valence-electron chi connectivity index (χ1n) is 5.29. The van der Waals surface area contributed by atoms with E-state index in [-0.39, 0.29) is 5.82 Å². The summed E-state index contributed by atoms with van der Waals surface area (Å²) in [5, 5.41) is 11.7. The molecule has 86 valence electrons. The largest absolute Gasteiger partial charge is 0.618 e. The second kappa shape index (κ2) is 4.78. The van der Waals surface area contributed by atoms with Crippen LogP contribution in [0.3, 0.4) is 0 Å². The van der Waals surface area contributed by atoms with E-state index in [2.05, 4.69) is 0 Å². The third-order valence-corrected chi connectivity index (χ3v) is 2.47. The van der Waals surface area contributed by atoms with Crippen LogP contribution in [0.25, 0.3) is 0 Å². The van der Waals surface area contributed by atoms with Crippen LogP contribution in [0.1, 0.15) is 11.1 Å². The molecule has 0 atom stereocenters. The minimum Gasteiger partial charge on any atom is -0.618 e. The van der Waals surface area contributed by atoms with Crippen LogP contribution in [0.4, 0.5) is 10.1 Å². The quantitative estimate of drug-likeness (QED) is 0.335. The second-order valence-corrected chi connectivity index (χ2v) is 3.80. The molecule has 0 aliphatic carbocycles. The van der Waals surface area contributed by atoms with Crippen molar-refractivity contribution in [1.29, 1.82) is 0 Å². The molecule has 0 bridgehead atoms. The molecule has 3 heteroatoms. The molecule has 0 aromatic heterocycles. The summed E-state index contributed by atoms with van der Waals surface area (Å²) < 4.78 is 14.0. The summed E-state index contributed by atoms with van der Waals surface area (Å²) in [5.74, 6) is -0.305. The maximum Gasteiger partial charge on any atom is 0.216 e. The molecule has 2 nitrogen and oxygen atoms in total. The van der Waals surface area contributed by atoms with Gasteiger partial charge < -0.3 is 5.21 Å². The number of aryl methyl sites for hydroxylation is 1. The van der Waals surface area contributed by atoms with E-state index < -0.39 is 0 Å². The molecule has 0 heterocycles. The van der Waals surface area contributed by atoms with Crippen molar-refractivity contribution in [3.05, 3.63) is 70.7 Å². The van der Waals surface area contributed by atoms with Crippen LogP contribution in [0.5, 0.6) is 0 Å². The van der Waals surface area contributed by atoms with Crippen LogP contribution in [0.2, 0.25) is 0 Å². The van der Waals surface area contributed by atoms with E-state index in [1.54, 1.807) is 43.3 Å². The monoisotopic (exact) mass is 229 g/mol. The lowest BCUT2D eigenvalue weighted by atomic mass is 10.1. The summed E-state index contributed by atoms with van der Waals surface area (Å²) in [4.78, 5) is 0. The molecule has 2 aromatic rings. The van der Waals surface area contributed by atoms with Gasteiger partial charge in [-0.3, -0.25) is 0 Å². The predicted molar refractivity (Wildman–Crippen MR) is 66.0 cm³/mol. The average Bonchev–Trinajstić information content (AvgIpc) is 2.35. The Bertz CT molecular complexity index is 549. The molecule has 0 spiro atoms. The van der Waals surface area contributed by atoms with Gasteiger partial charge in [-0.05, 0) is 24.6 Å². The Labute approximate surface area is 99.2 Å². The minimum atomic E-state index is -0.305. The van der Waals surface area contributed by atoms with E-state index in [1.807, 2.05) is 6.07 Å². The first kappa shape index (κ1) is 11.3. The molecule has 2 aromatic carbocycles. The first-order chi connectivity index (χ1) is 8.16. The molecule has 0 amide bonds. The van der Waals surface area contributed by atoms with E-state index >= 15 is 0 Å². The van der Waals surface area contributed by atoms with Gasteiger partial charge in [-0.2, -0.15) is 4.74 Å². The summed E-state index contributed by atoms with van der Waals surface area (Å²) in [6.07, 6.45) is 1.36. The molecule has 0 fully saturated rings. The molecule has 2 rings (SSSR count). The van der Waals surface area contributed by atoms with Gasteiger partial charge in [0, 0.05) is 17.7 Å². The minimum absolute atomic E-state index is 0.305. The van der Waals surface area contributed by atoms with Crippen molar-refractivity contribution < 1.29 is 9.13 Å². The molecular formula is C14H12FNO. The van der Waals surface area contributed by atoms with Gasteiger partial charge >= 0.3 is 0 Å². The number of benzene rings is 2.